The summed E-state index contributed by atoms with van der Waals surface area (Å²) in [4.78, 5) is 16.3. The number of thioether (sulfide) groups is 1. The molecule has 0 radical (unpaired) electrons. The normalized spacial score (nSPS) is 29.4. The Morgan fingerprint density at radius 2 is 2.35 bits per heavy atom. The van der Waals surface area contributed by atoms with E-state index in [1.807, 2.05) is 18.2 Å². The second kappa shape index (κ2) is 6.17. The van der Waals surface area contributed by atoms with E-state index >= 15 is 0 Å². The van der Waals surface area contributed by atoms with Gasteiger partial charge in [0, 0.05) is 12.2 Å². The summed E-state index contributed by atoms with van der Waals surface area (Å²) in [5, 5.41) is 4.10. The van der Waals surface area contributed by atoms with E-state index in [0.717, 1.165) is 16.9 Å². The lowest BCUT2D eigenvalue weighted by Gasteiger charge is -2.28. The predicted octanol–water partition coefficient (Wildman–Crippen LogP) is 3.11. The van der Waals surface area contributed by atoms with Crippen molar-refractivity contribution in [3.63, 3.8) is 0 Å². The fourth-order valence-corrected chi connectivity index (χ4v) is 4.55. The van der Waals surface area contributed by atoms with Crippen LogP contribution in [0.3, 0.4) is 0 Å². The topological polar surface area (TPSA) is 42.0 Å². The monoisotopic (exact) mass is 290 g/mol. The third-order valence-corrected chi connectivity index (χ3v) is 5.76. The highest BCUT2D eigenvalue weighted by molar-refractivity contribution is 7.99. The molecule has 20 heavy (non-hydrogen) atoms. The number of carbonyl (C=O) groups is 1. The molecular formula is C16H22N2OS. The summed E-state index contributed by atoms with van der Waals surface area (Å²) in [6, 6.07) is 6.10. The van der Waals surface area contributed by atoms with E-state index in [0.29, 0.717) is 17.7 Å². The maximum Gasteiger partial charge on any atom is 0.230 e. The van der Waals surface area contributed by atoms with Crippen molar-refractivity contribution in [2.45, 2.75) is 43.7 Å². The van der Waals surface area contributed by atoms with E-state index in [9.17, 15) is 4.79 Å². The Labute approximate surface area is 124 Å². The maximum atomic E-state index is 12.0. The number of carbonyl (C=O) groups excluding carboxylic acids is 1. The standard InChI is InChI=1S/C16H22N2OS/c1-11(14-9-12-5-6-13(14)8-12)18-15(19)10-20-16-4-2-3-7-17-16/h2-4,7,11-14H,5-6,8-10H2,1H3,(H,18,19)/t11-,12+,13+,14+/m1/s1. The molecule has 4 atom stereocenters. The van der Waals surface area contributed by atoms with Gasteiger partial charge in [-0.1, -0.05) is 24.2 Å². The Kier molecular flexibility index (Phi) is 4.29. The minimum atomic E-state index is 0.135. The first-order valence-corrected chi connectivity index (χ1v) is 8.54. The van der Waals surface area contributed by atoms with E-state index in [2.05, 4.69) is 17.2 Å². The van der Waals surface area contributed by atoms with Crippen LogP contribution < -0.4 is 5.32 Å². The highest BCUT2D eigenvalue weighted by Crippen LogP contribution is 2.49. The molecule has 108 valence electrons. The average molecular weight is 290 g/mol. The number of pyridine rings is 1. The van der Waals surface area contributed by atoms with Crippen molar-refractivity contribution in [1.82, 2.24) is 10.3 Å². The SMILES string of the molecule is C[C@@H](NC(=O)CSc1ccccn1)[C@@H]1C[C@H]2CC[C@H]1C2. The van der Waals surface area contributed by atoms with Gasteiger partial charge in [0.2, 0.25) is 5.91 Å². The number of rotatable bonds is 5. The lowest BCUT2D eigenvalue weighted by molar-refractivity contribution is -0.119. The van der Waals surface area contributed by atoms with Gasteiger partial charge in [0.1, 0.15) is 0 Å². The number of nitrogens with zero attached hydrogens (tertiary/aromatic N) is 1. The third kappa shape index (κ3) is 3.17. The van der Waals surface area contributed by atoms with Crippen LogP contribution in [0.4, 0.5) is 0 Å². The number of amides is 1. The zero-order valence-electron chi connectivity index (χ0n) is 11.9. The maximum absolute atomic E-state index is 12.0. The molecule has 2 aliphatic carbocycles. The second-order valence-electron chi connectivity index (χ2n) is 6.15. The highest BCUT2D eigenvalue weighted by atomic mass is 32.2. The smallest absolute Gasteiger partial charge is 0.230 e. The molecule has 0 saturated heterocycles. The van der Waals surface area contributed by atoms with E-state index in [4.69, 9.17) is 0 Å². The molecule has 4 heteroatoms. The molecule has 1 aromatic heterocycles. The summed E-state index contributed by atoms with van der Waals surface area (Å²) in [6.07, 6.45) is 7.26. The molecule has 3 rings (SSSR count). The second-order valence-corrected chi connectivity index (χ2v) is 7.15. The van der Waals surface area contributed by atoms with E-state index in [1.54, 1.807) is 6.20 Å². The minimum absolute atomic E-state index is 0.135. The van der Waals surface area contributed by atoms with Gasteiger partial charge in [-0.2, -0.15) is 0 Å². The summed E-state index contributed by atoms with van der Waals surface area (Å²) in [5.41, 5.74) is 0. The summed E-state index contributed by atoms with van der Waals surface area (Å²) in [5.74, 6) is 3.10. The first-order chi connectivity index (χ1) is 9.72. The largest absolute Gasteiger partial charge is 0.353 e. The summed E-state index contributed by atoms with van der Waals surface area (Å²) < 4.78 is 0. The van der Waals surface area contributed by atoms with Crippen LogP contribution in [0.5, 0.6) is 0 Å². The van der Waals surface area contributed by atoms with Gasteiger partial charge >= 0.3 is 0 Å². The number of fused-ring (bicyclic) bond motifs is 2. The molecular weight excluding hydrogens is 268 g/mol. The van der Waals surface area contributed by atoms with Crippen LogP contribution in [0.2, 0.25) is 0 Å². The number of hydrogen-bond donors (Lipinski definition) is 1. The van der Waals surface area contributed by atoms with Gasteiger partial charge in [0.05, 0.1) is 10.8 Å². The Balaban J connectivity index is 1.44. The van der Waals surface area contributed by atoms with Gasteiger partial charge in [0.15, 0.2) is 0 Å². The third-order valence-electron chi connectivity index (χ3n) is 4.81. The van der Waals surface area contributed by atoms with Crippen molar-refractivity contribution in [3.8, 4) is 0 Å². The fourth-order valence-electron chi connectivity index (χ4n) is 3.88. The average Bonchev–Trinajstić information content (AvgIpc) is 3.09. The molecule has 1 N–H and O–H groups in total. The fraction of sp³-hybridized carbons (Fsp3) is 0.625. The van der Waals surface area contributed by atoms with Crippen LogP contribution in [0.25, 0.3) is 0 Å². The first-order valence-electron chi connectivity index (χ1n) is 7.55. The minimum Gasteiger partial charge on any atom is -0.353 e. The van der Waals surface area contributed by atoms with Gasteiger partial charge in [0.25, 0.3) is 0 Å². The van der Waals surface area contributed by atoms with Gasteiger partial charge < -0.3 is 5.32 Å². The zero-order chi connectivity index (χ0) is 13.9. The molecule has 2 fully saturated rings. The van der Waals surface area contributed by atoms with Crippen LogP contribution in [-0.2, 0) is 4.79 Å². The molecule has 1 aromatic rings. The lowest BCUT2D eigenvalue weighted by Crippen LogP contribution is -2.40. The summed E-state index contributed by atoms with van der Waals surface area (Å²) in [7, 11) is 0. The van der Waals surface area contributed by atoms with Gasteiger partial charge in [-0.25, -0.2) is 4.98 Å². The van der Waals surface area contributed by atoms with Gasteiger partial charge in [-0.15, -0.1) is 0 Å². The van der Waals surface area contributed by atoms with Crippen molar-refractivity contribution in [2.24, 2.45) is 17.8 Å². The molecule has 2 aliphatic rings. The molecule has 2 saturated carbocycles. The van der Waals surface area contributed by atoms with E-state index in [1.165, 1.54) is 37.4 Å². The van der Waals surface area contributed by atoms with E-state index < -0.39 is 0 Å². The van der Waals surface area contributed by atoms with Crippen LogP contribution in [-0.4, -0.2) is 22.7 Å². The molecule has 3 nitrogen and oxygen atoms in total. The Morgan fingerprint density at radius 3 is 3.00 bits per heavy atom. The molecule has 2 bridgehead atoms. The number of aromatic nitrogens is 1. The van der Waals surface area contributed by atoms with Gasteiger partial charge in [-0.3, -0.25) is 4.79 Å². The van der Waals surface area contributed by atoms with Gasteiger partial charge in [-0.05, 0) is 56.1 Å². The molecule has 1 heterocycles. The lowest BCUT2D eigenvalue weighted by atomic mass is 9.84. The summed E-state index contributed by atoms with van der Waals surface area (Å²) >= 11 is 1.51. The quantitative estimate of drug-likeness (QED) is 0.847. The van der Waals surface area contributed by atoms with Crippen LogP contribution in [0.15, 0.2) is 29.4 Å². The highest BCUT2D eigenvalue weighted by Gasteiger charge is 2.42. The van der Waals surface area contributed by atoms with Crippen molar-refractivity contribution < 1.29 is 4.79 Å². The number of nitrogens with one attached hydrogen (secondary N) is 1. The zero-order valence-corrected chi connectivity index (χ0v) is 12.7. The Hall–Kier alpha value is -1.03. The molecule has 0 spiro atoms. The van der Waals surface area contributed by atoms with Crippen molar-refractivity contribution in [1.29, 1.82) is 0 Å². The molecule has 1 amide bonds. The van der Waals surface area contributed by atoms with Crippen LogP contribution in [0, 0.1) is 17.8 Å². The van der Waals surface area contributed by atoms with Crippen LogP contribution in [0.1, 0.15) is 32.6 Å². The first kappa shape index (κ1) is 13.9. The van der Waals surface area contributed by atoms with Crippen molar-refractivity contribution >= 4 is 17.7 Å². The van der Waals surface area contributed by atoms with Crippen LogP contribution >= 0.6 is 11.8 Å². The Bertz CT molecular complexity index is 465. The summed E-state index contributed by atoms with van der Waals surface area (Å²) in [6.45, 7) is 2.18. The predicted molar refractivity (Wildman–Crippen MR) is 81.5 cm³/mol. The van der Waals surface area contributed by atoms with Crippen molar-refractivity contribution in [3.05, 3.63) is 24.4 Å². The molecule has 0 unspecified atom stereocenters. The Morgan fingerprint density at radius 1 is 1.45 bits per heavy atom. The molecule has 0 aromatic carbocycles. The number of hydrogen-bond acceptors (Lipinski definition) is 3. The molecule has 0 aliphatic heterocycles. The van der Waals surface area contributed by atoms with E-state index in [-0.39, 0.29) is 5.91 Å². The van der Waals surface area contributed by atoms with Crippen molar-refractivity contribution in [2.75, 3.05) is 5.75 Å².